The van der Waals surface area contributed by atoms with Crippen molar-refractivity contribution in [2.24, 2.45) is 0 Å². The molecule has 0 aliphatic heterocycles. The molecule has 0 bridgehead atoms. The molecule has 0 aliphatic carbocycles. The van der Waals surface area contributed by atoms with Gasteiger partial charge in [0.1, 0.15) is 11.4 Å². The number of benzene rings is 2. The summed E-state index contributed by atoms with van der Waals surface area (Å²) in [4.78, 5) is 36.3. The molecule has 0 fully saturated rings. The number of unbranched alkanes of at least 4 members (excludes halogenated alkanes) is 1. The number of carbonyl (C=O) groups is 2. The molecule has 4 heterocycles. The number of hydrogen-bond acceptors (Lipinski definition) is 6. The molecule has 2 aromatic carbocycles. The maximum Gasteiger partial charge on any atom is 0.276 e. The number of amides is 2. The van der Waals surface area contributed by atoms with Gasteiger partial charge < -0.3 is 9.13 Å². The van der Waals surface area contributed by atoms with E-state index in [1.807, 2.05) is 52.0 Å². The van der Waals surface area contributed by atoms with Gasteiger partial charge in [-0.05, 0) is 88.9 Å². The first-order valence-electron chi connectivity index (χ1n) is 16.5. The first kappa shape index (κ1) is 31.7. The molecule has 12 nitrogen and oxygen atoms in total. The molecule has 6 rings (SSSR count). The van der Waals surface area contributed by atoms with Crippen LogP contribution in [0, 0.1) is 13.8 Å². The number of carbonyl (C=O) groups excluding carboxylic acids is 2. The fraction of sp³-hybridized carbons (Fsp3) is 0.371. The molecule has 6 aromatic rings. The first-order chi connectivity index (χ1) is 22.8. The summed E-state index contributed by atoms with van der Waals surface area (Å²) in [5.74, 6) is 0.549. The van der Waals surface area contributed by atoms with Crippen molar-refractivity contribution in [2.75, 3.05) is 10.6 Å². The zero-order chi connectivity index (χ0) is 33.1. The number of anilines is 2. The van der Waals surface area contributed by atoms with Crippen LogP contribution < -0.4 is 10.6 Å². The minimum absolute atomic E-state index is 0.234. The second-order valence-corrected chi connectivity index (χ2v) is 11.8. The number of fused-ring (bicyclic) bond motifs is 2. The maximum atomic E-state index is 13.4. The Bertz CT molecular complexity index is 2060. The molecule has 12 heteroatoms. The first-order valence-corrected chi connectivity index (χ1v) is 16.5. The molecule has 47 heavy (non-hydrogen) atoms. The smallest absolute Gasteiger partial charge is 0.276 e. The lowest BCUT2D eigenvalue weighted by Crippen LogP contribution is -2.20. The van der Waals surface area contributed by atoms with Gasteiger partial charge in [0.15, 0.2) is 0 Å². The zero-order valence-electron chi connectivity index (χ0n) is 27.7. The topological polar surface area (TPSA) is 129 Å². The number of imidazole rings is 2. The maximum absolute atomic E-state index is 13.4. The van der Waals surface area contributed by atoms with Crippen LogP contribution in [-0.2, 0) is 32.6 Å². The zero-order valence-corrected chi connectivity index (χ0v) is 27.7. The number of para-hydroxylation sites is 2. The molecular weight excluding hydrogens is 592 g/mol. The van der Waals surface area contributed by atoms with Crippen molar-refractivity contribution in [1.29, 1.82) is 0 Å². The van der Waals surface area contributed by atoms with Crippen LogP contribution in [0.1, 0.15) is 78.0 Å². The van der Waals surface area contributed by atoms with Crippen LogP contribution in [0.3, 0.4) is 0 Å². The Kier molecular flexibility index (Phi) is 9.19. The number of aryl methyl sites for hydroxylation is 7. The molecule has 0 saturated carbocycles. The van der Waals surface area contributed by atoms with Crippen molar-refractivity contribution in [2.45, 2.75) is 86.5 Å². The SMILES string of the molecule is CCCc1ccc2c(c1)nc(NC(=O)c1cc(C)nn1CC)n2CCCCn1c(NC(=O)c2cc(C)nn2CC)nc2ccccc21. The molecule has 2 amide bonds. The van der Waals surface area contributed by atoms with Gasteiger partial charge >= 0.3 is 0 Å². The Balaban J connectivity index is 1.23. The molecule has 4 aromatic heterocycles. The van der Waals surface area contributed by atoms with Gasteiger partial charge in [-0.2, -0.15) is 10.2 Å². The third kappa shape index (κ3) is 6.53. The number of rotatable bonds is 13. The highest BCUT2D eigenvalue weighted by atomic mass is 16.2. The summed E-state index contributed by atoms with van der Waals surface area (Å²) in [5, 5.41) is 15.0. The predicted octanol–water partition coefficient (Wildman–Crippen LogP) is 6.37. The highest BCUT2D eigenvalue weighted by Gasteiger charge is 2.20. The fourth-order valence-electron chi connectivity index (χ4n) is 6.15. The van der Waals surface area contributed by atoms with Crippen LogP contribution in [0.4, 0.5) is 11.9 Å². The van der Waals surface area contributed by atoms with E-state index in [4.69, 9.17) is 9.97 Å². The average Bonchev–Trinajstić information content (AvgIpc) is 3.82. The minimum atomic E-state index is -0.240. The second kappa shape index (κ2) is 13.6. The van der Waals surface area contributed by atoms with E-state index in [1.54, 1.807) is 21.5 Å². The Morgan fingerprint density at radius 2 is 1.21 bits per heavy atom. The molecule has 0 atom stereocenters. The van der Waals surface area contributed by atoms with Gasteiger partial charge in [-0.15, -0.1) is 0 Å². The van der Waals surface area contributed by atoms with Crippen molar-refractivity contribution >= 4 is 45.8 Å². The number of nitrogens with zero attached hydrogens (tertiary/aromatic N) is 8. The third-order valence-corrected chi connectivity index (χ3v) is 8.34. The summed E-state index contributed by atoms with van der Waals surface area (Å²) in [6, 6.07) is 17.8. The second-order valence-electron chi connectivity index (χ2n) is 11.8. The largest absolute Gasteiger partial charge is 0.310 e. The number of aromatic nitrogens is 8. The van der Waals surface area contributed by atoms with Gasteiger partial charge in [-0.3, -0.25) is 29.6 Å². The van der Waals surface area contributed by atoms with Crippen molar-refractivity contribution in [3.05, 3.63) is 82.9 Å². The van der Waals surface area contributed by atoms with Crippen LogP contribution in [-0.4, -0.2) is 50.5 Å². The van der Waals surface area contributed by atoms with Gasteiger partial charge in [0, 0.05) is 26.2 Å². The summed E-state index contributed by atoms with van der Waals surface area (Å²) in [6.45, 7) is 12.3. The van der Waals surface area contributed by atoms with Crippen molar-refractivity contribution in [3.8, 4) is 0 Å². The lowest BCUT2D eigenvalue weighted by molar-refractivity contribution is 0.100. The Labute approximate surface area is 273 Å². The number of hydrogen-bond donors (Lipinski definition) is 2. The van der Waals surface area contributed by atoms with Crippen LogP contribution in [0.2, 0.25) is 0 Å². The summed E-state index contributed by atoms with van der Waals surface area (Å²) >= 11 is 0. The lowest BCUT2D eigenvalue weighted by atomic mass is 10.1. The summed E-state index contributed by atoms with van der Waals surface area (Å²) in [5.41, 5.74) is 7.43. The van der Waals surface area contributed by atoms with E-state index in [0.29, 0.717) is 49.5 Å². The van der Waals surface area contributed by atoms with E-state index in [9.17, 15) is 9.59 Å². The molecule has 0 spiro atoms. The van der Waals surface area contributed by atoms with Crippen LogP contribution in [0.5, 0.6) is 0 Å². The Morgan fingerprint density at radius 1 is 0.681 bits per heavy atom. The highest BCUT2D eigenvalue weighted by Crippen LogP contribution is 2.25. The van der Waals surface area contributed by atoms with E-state index < -0.39 is 0 Å². The van der Waals surface area contributed by atoms with Crippen molar-refractivity contribution < 1.29 is 9.59 Å². The fourth-order valence-corrected chi connectivity index (χ4v) is 6.15. The molecule has 2 N–H and O–H groups in total. The molecule has 0 saturated heterocycles. The van der Waals surface area contributed by atoms with Crippen molar-refractivity contribution in [1.82, 2.24) is 38.7 Å². The summed E-state index contributed by atoms with van der Waals surface area (Å²) in [6.07, 6.45) is 3.62. The molecule has 244 valence electrons. The summed E-state index contributed by atoms with van der Waals surface area (Å²) < 4.78 is 7.56. The summed E-state index contributed by atoms with van der Waals surface area (Å²) in [7, 11) is 0. The van der Waals surface area contributed by atoms with Gasteiger partial charge in [-0.25, -0.2) is 9.97 Å². The standard InChI is InChI=1S/C35H42N10O2/c1-6-13-25-16-17-29-27(22-25)37-35(39-33(47)31-21-24(5)41-45(31)8-3)43(29)19-12-11-18-42-28-15-10-9-14-26(28)36-34(42)38-32(46)30-20-23(4)40-44(30)7-2/h9-10,14-17,20-22H,6-8,11-13,18-19H2,1-5H3,(H,36,38,46)(H,37,39,47). The average molecular weight is 635 g/mol. The van der Waals surface area contributed by atoms with Gasteiger partial charge in [0.05, 0.1) is 33.5 Å². The molecule has 0 aliphatic rings. The van der Waals surface area contributed by atoms with E-state index >= 15 is 0 Å². The Hall–Kier alpha value is -5.26. The van der Waals surface area contributed by atoms with E-state index in [2.05, 4.69) is 55.1 Å². The van der Waals surface area contributed by atoms with Crippen molar-refractivity contribution in [3.63, 3.8) is 0 Å². The van der Waals surface area contributed by atoms with Gasteiger partial charge in [0.25, 0.3) is 11.8 Å². The normalized spacial score (nSPS) is 11.5. The van der Waals surface area contributed by atoms with Crippen LogP contribution >= 0.6 is 0 Å². The molecular formula is C35H42N10O2. The van der Waals surface area contributed by atoms with E-state index in [0.717, 1.165) is 59.1 Å². The Morgan fingerprint density at radius 3 is 1.77 bits per heavy atom. The monoisotopic (exact) mass is 634 g/mol. The third-order valence-electron chi connectivity index (χ3n) is 8.34. The van der Waals surface area contributed by atoms with E-state index in [-0.39, 0.29) is 11.8 Å². The highest BCUT2D eigenvalue weighted by molar-refractivity contribution is 6.03. The number of nitrogens with one attached hydrogen (secondary N) is 2. The van der Waals surface area contributed by atoms with Crippen LogP contribution in [0.25, 0.3) is 22.1 Å². The van der Waals surface area contributed by atoms with Gasteiger partial charge in [-0.1, -0.05) is 31.5 Å². The predicted molar refractivity (Wildman–Crippen MR) is 184 cm³/mol. The van der Waals surface area contributed by atoms with Crippen LogP contribution in [0.15, 0.2) is 54.6 Å². The minimum Gasteiger partial charge on any atom is -0.310 e. The molecule has 0 radical (unpaired) electrons. The van der Waals surface area contributed by atoms with E-state index in [1.165, 1.54) is 5.56 Å². The quantitative estimate of drug-likeness (QED) is 0.142. The molecule has 0 unspecified atom stereocenters. The van der Waals surface area contributed by atoms with Gasteiger partial charge in [0.2, 0.25) is 11.9 Å². The lowest BCUT2D eigenvalue weighted by Gasteiger charge is -2.13.